The van der Waals surface area contributed by atoms with Crippen LogP contribution in [0, 0.1) is 16.0 Å². The minimum Gasteiger partial charge on any atom is -0.370 e. The predicted molar refractivity (Wildman–Crippen MR) is 81.6 cm³/mol. The van der Waals surface area contributed by atoms with E-state index in [4.69, 9.17) is 11.6 Å². The summed E-state index contributed by atoms with van der Waals surface area (Å²) in [6, 6.07) is 4.71. The topological polar surface area (TPSA) is 49.6 Å². The van der Waals surface area contributed by atoms with Crippen LogP contribution in [0.3, 0.4) is 0 Å². The summed E-state index contributed by atoms with van der Waals surface area (Å²) in [7, 11) is 2.13. The maximum Gasteiger partial charge on any atom is 0.271 e. The zero-order valence-electron chi connectivity index (χ0n) is 11.9. The lowest BCUT2D eigenvalue weighted by atomic mass is 10.1. The molecule has 5 nitrogen and oxygen atoms in total. The van der Waals surface area contributed by atoms with Crippen LogP contribution in [-0.4, -0.2) is 43.0 Å². The van der Waals surface area contributed by atoms with Crippen molar-refractivity contribution in [1.82, 2.24) is 4.90 Å². The highest BCUT2D eigenvalue weighted by Gasteiger charge is 2.25. The largest absolute Gasteiger partial charge is 0.370 e. The molecule has 1 aliphatic heterocycles. The van der Waals surface area contributed by atoms with E-state index in [-0.39, 0.29) is 5.69 Å². The van der Waals surface area contributed by atoms with Crippen LogP contribution in [0.4, 0.5) is 11.4 Å². The van der Waals surface area contributed by atoms with Crippen molar-refractivity contribution in [2.75, 3.05) is 38.1 Å². The van der Waals surface area contributed by atoms with E-state index in [1.807, 2.05) is 0 Å². The highest BCUT2D eigenvalue weighted by molar-refractivity contribution is 6.33. The third kappa shape index (κ3) is 3.41. The van der Waals surface area contributed by atoms with E-state index in [1.54, 1.807) is 6.07 Å². The van der Waals surface area contributed by atoms with Gasteiger partial charge in [-0.2, -0.15) is 0 Å². The van der Waals surface area contributed by atoms with Gasteiger partial charge in [-0.15, -0.1) is 0 Å². The molecule has 0 saturated carbocycles. The summed E-state index contributed by atoms with van der Waals surface area (Å²) < 4.78 is 0. The molecule has 1 aromatic rings. The monoisotopic (exact) mass is 297 g/mol. The molecule has 0 unspecified atom stereocenters. The summed E-state index contributed by atoms with van der Waals surface area (Å²) >= 11 is 6.18. The number of halogens is 1. The molecular weight excluding hydrogens is 278 g/mol. The number of anilines is 1. The summed E-state index contributed by atoms with van der Waals surface area (Å²) in [6.07, 6.45) is 1.14. The Kier molecular flexibility index (Phi) is 4.83. The number of nitro benzene ring substituents is 1. The van der Waals surface area contributed by atoms with Crippen LogP contribution in [0.1, 0.15) is 13.3 Å². The van der Waals surface area contributed by atoms with Crippen LogP contribution in [0.25, 0.3) is 0 Å². The first-order valence-electron chi connectivity index (χ1n) is 6.88. The Labute approximate surface area is 124 Å². The summed E-state index contributed by atoms with van der Waals surface area (Å²) in [5.41, 5.74) is 0.944. The van der Waals surface area contributed by atoms with Crippen molar-refractivity contribution in [3.63, 3.8) is 0 Å². The van der Waals surface area contributed by atoms with Gasteiger partial charge in [0.1, 0.15) is 0 Å². The fraction of sp³-hybridized carbons (Fsp3) is 0.571. The van der Waals surface area contributed by atoms with Crippen molar-refractivity contribution in [2.24, 2.45) is 5.92 Å². The molecule has 2 rings (SSSR count). The van der Waals surface area contributed by atoms with Gasteiger partial charge in [0.2, 0.25) is 0 Å². The SMILES string of the molecule is CCN(C)C[C@@H]1CCN(c2ccc([N+](=O)[O-])cc2Cl)C1. The van der Waals surface area contributed by atoms with E-state index in [2.05, 4.69) is 23.8 Å². The van der Waals surface area contributed by atoms with Gasteiger partial charge in [-0.05, 0) is 32.0 Å². The van der Waals surface area contributed by atoms with Crippen molar-refractivity contribution in [3.05, 3.63) is 33.3 Å². The second-order valence-electron chi connectivity index (χ2n) is 5.35. The molecule has 110 valence electrons. The molecular formula is C14H20ClN3O2. The minimum atomic E-state index is -0.418. The van der Waals surface area contributed by atoms with E-state index in [9.17, 15) is 10.1 Å². The third-order valence-corrected chi connectivity index (χ3v) is 4.18. The molecule has 1 saturated heterocycles. The lowest BCUT2D eigenvalue weighted by Crippen LogP contribution is -2.28. The fourth-order valence-electron chi connectivity index (χ4n) is 2.64. The van der Waals surface area contributed by atoms with E-state index in [1.165, 1.54) is 12.1 Å². The second-order valence-corrected chi connectivity index (χ2v) is 5.76. The number of nitrogens with zero attached hydrogens (tertiary/aromatic N) is 3. The first-order valence-corrected chi connectivity index (χ1v) is 7.26. The van der Waals surface area contributed by atoms with Gasteiger partial charge >= 0.3 is 0 Å². The van der Waals surface area contributed by atoms with Crippen molar-refractivity contribution in [3.8, 4) is 0 Å². The van der Waals surface area contributed by atoms with Gasteiger partial charge in [-0.25, -0.2) is 0 Å². The van der Waals surface area contributed by atoms with Gasteiger partial charge in [0, 0.05) is 31.8 Å². The van der Waals surface area contributed by atoms with E-state index >= 15 is 0 Å². The van der Waals surface area contributed by atoms with Crippen LogP contribution < -0.4 is 4.90 Å². The number of rotatable bonds is 5. The van der Waals surface area contributed by atoms with Crippen LogP contribution in [0.5, 0.6) is 0 Å². The first-order chi connectivity index (χ1) is 9.51. The van der Waals surface area contributed by atoms with Gasteiger partial charge in [-0.3, -0.25) is 10.1 Å². The van der Waals surface area contributed by atoms with E-state index < -0.39 is 4.92 Å². The predicted octanol–water partition coefficient (Wildman–Crippen LogP) is 3.03. The highest BCUT2D eigenvalue weighted by atomic mass is 35.5. The second kappa shape index (κ2) is 6.41. The summed E-state index contributed by atoms with van der Waals surface area (Å²) in [4.78, 5) is 14.8. The average Bonchev–Trinajstić information content (AvgIpc) is 2.86. The molecule has 1 aromatic carbocycles. The van der Waals surface area contributed by atoms with Crippen molar-refractivity contribution in [1.29, 1.82) is 0 Å². The normalized spacial score (nSPS) is 18.8. The number of hydrogen-bond donors (Lipinski definition) is 0. The van der Waals surface area contributed by atoms with Gasteiger partial charge < -0.3 is 9.80 Å². The van der Waals surface area contributed by atoms with Gasteiger partial charge in [0.25, 0.3) is 5.69 Å². The maximum atomic E-state index is 10.7. The average molecular weight is 298 g/mol. The molecule has 1 heterocycles. The Morgan fingerprint density at radius 3 is 2.90 bits per heavy atom. The fourth-order valence-corrected chi connectivity index (χ4v) is 2.93. The molecule has 0 amide bonds. The maximum absolute atomic E-state index is 10.7. The Morgan fingerprint density at radius 1 is 1.55 bits per heavy atom. The van der Waals surface area contributed by atoms with Gasteiger partial charge in [0.05, 0.1) is 15.6 Å². The molecule has 0 aliphatic carbocycles. The molecule has 1 fully saturated rings. The standard InChI is InChI=1S/C14H20ClN3O2/c1-3-16(2)9-11-6-7-17(10-11)14-5-4-12(18(19)20)8-13(14)15/h4-5,8,11H,3,6-7,9-10H2,1-2H3/t11-/m0/s1. The molecule has 0 aromatic heterocycles. The van der Waals surface area contributed by atoms with Gasteiger partial charge in [-0.1, -0.05) is 18.5 Å². The molecule has 20 heavy (non-hydrogen) atoms. The quantitative estimate of drug-likeness (QED) is 0.619. The molecule has 0 spiro atoms. The lowest BCUT2D eigenvalue weighted by molar-refractivity contribution is -0.384. The Balaban J connectivity index is 2.05. The Hall–Kier alpha value is -1.33. The molecule has 0 radical (unpaired) electrons. The molecule has 1 atom stereocenters. The summed E-state index contributed by atoms with van der Waals surface area (Å²) in [5.74, 6) is 0.631. The minimum absolute atomic E-state index is 0.0419. The van der Waals surface area contributed by atoms with Gasteiger partial charge in [0.15, 0.2) is 0 Å². The molecule has 0 N–H and O–H groups in total. The molecule has 1 aliphatic rings. The molecule has 6 heteroatoms. The Bertz CT molecular complexity index is 495. The number of benzene rings is 1. The van der Waals surface area contributed by atoms with Crippen LogP contribution in [0.15, 0.2) is 18.2 Å². The van der Waals surface area contributed by atoms with Crippen LogP contribution >= 0.6 is 11.6 Å². The summed E-state index contributed by atoms with van der Waals surface area (Å²) in [5, 5.41) is 11.2. The van der Waals surface area contributed by atoms with Crippen LogP contribution in [-0.2, 0) is 0 Å². The lowest BCUT2D eigenvalue weighted by Gasteiger charge is -2.22. The zero-order valence-corrected chi connectivity index (χ0v) is 12.6. The first kappa shape index (κ1) is 15.1. The van der Waals surface area contributed by atoms with E-state index in [0.717, 1.165) is 38.3 Å². The summed E-state index contributed by atoms with van der Waals surface area (Å²) in [6.45, 7) is 6.20. The van der Waals surface area contributed by atoms with Crippen molar-refractivity contribution >= 4 is 23.0 Å². The molecule has 0 bridgehead atoms. The zero-order chi connectivity index (χ0) is 14.7. The number of non-ortho nitro benzene ring substituents is 1. The van der Waals surface area contributed by atoms with Crippen molar-refractivity contribution < 1.29 is 4.92 Å². The Morgan fingerprint density at radius 2 is 2.30 bits per heavy atom. The smallest absolute Gasteiger partial charge is 0.271 e. The highest BCUT2D eigenvalue weighted by Crippen LogP contribution is 2.33. The van der Waals surface area contributed by atoms with Crippen molar-refractivity contribution in [2.45, 2.75) is 13.3 Å². The number of nitro groups is 1. The van der Waals surface area contributed by atoms with E-state index in [0.29, 0.717) is 10.9 Å². The van der Waals surface area contributed by atoms with Crippen LogP contribution in [0.2, 0.25) is 5.02 Å². The third-order valence-electron chi connectivity index (χ3n) is 3.88. The number of hydrogen-bond acceptors (Lipinski definition) is 4.